The molecule has 0 spiro atoms. The van der Waals surface area contributed by atoms with Crippen molar-refractivity contribution in [2.45, 2.75) is 234 Å². The number of aliphatic hydroxyl groups excluding tert-OH is 5. The van der Waals surface area contributed by atoms with Crippen LogP contribution in [0.2, 0.25) is 0 Å². The highest BCUT2D eigenvalue weighted by atomic mass is 127. The molecule has 17 atom stereocenters. The molecule has 2 aliphatic carbocycles. The molecule has 62 heavy (non-hydrogen) atoms. The molecule has 4 fully saturated rings. The zero-order chi connectivity index (χ0) is 45.9. The lowest BCUT2D eigenvalue weighted by Crippen LogP contribution is -2.67. The van der Waals surface area contributed by atoms with E-state index in [-0.39, 0.29) is 27.1 Å². The summed E-state index contributed by atoms with van der Waals surface area (Å²) in [6.45, 7) is 13.5. The third-order valence-corrected chi connectivity index (χ3v) is 17.1. The molecule has 0 aromatic carbocycles. The highest BCUT2D eigenvalue weighted by Gasteiger charge is 2.54. The van der Waals surface area contributed by atoms with Gasteiger partial charge in [-0.1, -0.05) is 115 Å². The fourth-order valence-electron chi connectivity index (χ4n) is 10.7. The first-order chi connectivity index (χ1) is 29.4. The summed E-state index contributed by atoms with van der Waals surface area (Å²) in [5.74, 6) is 0.992. The number of rotatable bonds is 22. The monoisotopic (exact) mass is 997 g/mol. The van der Waals surface area contributed by atoms with Gasteiger partial charge in [0, 0.05) is 24.4 Å². The SMILES string of the molecule is CCCCCC(C)C1CCC(C[C@H](OC2C(NC(C)=O)[C@H](O[C@@H]3CC(C(I)(CC)CCCC)CC(CC)C3O[C@@H]3OC(C)[C@@H](O)C(O)C3O)OC(CO)[C@@H]2O)C(=O)N(C)C)CC1. The predicted octanol–water partition coefficient (Wildman–Crippen LogP) is 5.63. The Balaban J connectivity index is 1.67. The Kier molecular flexibility index (Phi) is 22.1. The van der Waals surface area contributed by atoms with E-state index in [0.29, 0.717) is 31.1 Å². The second kappa shape index (κ2) is 25.4. The van der Waals surface area contributed by atoms with E-state index in [4.69, 9.17) is 23.7 Å². The number of ether oxygens (including phenoxy) is 5. The van der Waals surface area contributed by atoms with Gasteiger partial charge in [-0.3, -0.25) is 9.59 Å². The van der Waals surface area contributed by atoms with Gasteiger partial charge in [0.25, 0.3) is 5.91 Å². The van der Waals surface area contributed by atoms with Crippen molar-refractivity contribution in [3.05, 3.63) is 0 Å². The summed E-state index contributed by atoms with van der Waals surface area (Å²) in [6, 6.07) is -1.09. The Morgan fingerprint density at radius 2 is 1.55 bits per heavy atom. The minimum Gasteiger partial charge on any atom is -0.394 e. The van der Waals surface area contributed by atoms with Gasteiger partial charge in [-0.2, -0.15) is 0 Å². The molecule has 0 radical (unpaired) electrons. The fourth-order valence-corrected chi connectivity index (χ4v) is 11.6. The van der Waals surface area contributed by atoms with E-state index >= 15 is 0 Å². The van der Waals surface area contributed by atoms with Crippen LogP contribution in [0.5, 0.6) is 0 Å². The van der Waals surface area contributed by atoms with E-state index < -0.39 is 92.2 Å². The van der Waals surface area contributed by atoms with E-state index in [1.54, 1.807) is 21.0 Å². The summed E-state index contributed by atoms with van der Waals surface area (Å²) >= 11 is 2.62. The second-order valence-electron chi connectivity index (χ2n) is 19.5. The third kappa shape index (κ3) is 13.9. The maximum Gasteiger partial charge on any atom is 0.251 e. The molecular weight excluding hydrogens is 911 g/mol. The Labute approximate surface area is 386 Å². The number of nitrogens with zero attached hydrogens (tertiary/aromatic N) is 1. The van der Waals surface area contributed by atoms with Crippen molar-refractivity contribution in [3.63, 3.8) is 0 Å². The molecule has 2 saturated heterocycles. The number of aliphatic hydroxyl groups is 5. The van der Waals surface area contributed by atoms with Crippen LogP contribution in [0.15, 0.2) is 0 Å². The second-order valence-corrected chi connectivity index (χ2v) is 21.7. The van der Waals surface area contributed by atoms with Gasteiger partial charge in [-0.15, -0.1) is 0 Å². The minimum atomic E-state index is -1.53. The number of nitrogens with one attached hydrogen (secondary N) is 1. The first kappa shape index (κ1) is 53.9. The van der Waals surface area contributed by atoms with Crippen LogP contribution < -0.4 is 5.32 Å². The van der Waals surface area contributed by atoms with Crippen LogP contribution in [0.25, 0.3) is 0 Å². The van der Waals surface area contributed by atoms with E-state index in [0.717, 1.165) is 57.8 Å². The van der Waals surface area contributed by atoms with Gasteiger partial charge in [0.15, 0.2) is 12.6 Å². The predicted molar refractivity (Wildman–Crippen MR) is 245 cm³/mol. The Hall–Kier alpha value is -0.730. The van der Waals surface area contributed by atoms with Gasteiger partial charge >= 0.3 is 0 Å². The highest BCUT2D eigenvalue weighted by molar-refractivity contribution is 14.1. The molecule has 0 bridgehead atoms. The number of alkyl halides is 1. The third-order valence-electron chi connectivity index (χ3n) is 14.9. The maximum atomic E-state index is 14.0. The van der Waals surface area contributed by atoms with Gasteiger partial charge < -0.3 is 59.4 Å². The van der Waals surface area contributed by atoms with E-state index in [2.05, 4.69) is 62.5 Å². The lowest BCUT2D eigenvalue weighted by molar-refractivity contribution is -0.339. The molecule has 6 N–H and O–H groups in total. The van der Waals surface area contributed by atoms with Crippen molar-refractivity contribution >= 4 is 34.4 Å². The van der Waals surface area contributed by atoms with Crippen molar-refractivity contribution in [3.8, 4) is 0 Å². The molecule has 0 aromatic heterocycles. The standard InChI is InChI=1S/C47H85IN2O12/c1-10-14-16-17-27(5)32-20-18-30(19-21-32)23-35(44(57)50(8)9)59-43-37(49-29(7)52)45(61-36(26-51)39(43)54)60-34-25-33(47(48,13-4)22-15-11-2)24-31(12-3)42(34)62-46-41(56)40(55)38(53)28(6)58-46/h27-28,30-43,45-46,51,53-56H,10-26H2,1-9H3,(H,49,52)/t27?,28?,30?,31?,32?,33?,34-,35+,36?,37?,38-,39+,40?,41?,42?,43?,45-,46+,47?/m1/s1. The lowest BCUT2D eigenvalue weighted by atomic mass is 9.69. The van der Waals surface area contributed by atoms with Crippen molar-refractivity contribution in [2.24, 2.45) is 29.6 Å². The summed E-state index contributed by atoms with van der Waals surface area (Å²) in [5, 5.41) is 57.7. The number of hydrogen-bond donors (Lipinski definition) is 6. The van der Waals surface area contributed by atoms with Gasteiger partial charge in [0.2, 0.25) is 5.91 Å². The normalized spacial score (nSPS) is 38.8. The molecule has 2 heterocycles. The van der Waals surface area contributed by atoms with Gasteiger partial charge in [0.1, 0.15) is 48.8 Å². The number of carbonyl (C=O) groups is 2. The van der Waals surface area contributed by atoms with Gasteiger partial charge in [-0.25, -0.2) is 0 Å². The molecule has 2 amide bonds. The molecule has 11 unspecified atom stereocenters. The van der Waals surface area contributed by atoms with Crippen LogP contribution in [-0.2, 0) is 33.3 Å². The van der Waals surface area contributed by atoms with Crippen molar-refractivity contribution in [1.82, 2.24) is 10.2 Å². The molecule has 0 aromatic rings. The van der Waals surface area contributed by atoms with Gasteiger partial charge in [-0.05, 0) is 81.5 Å². The van der Waals surface area contributed by atoms with Crippen LogP contribution in [0.1, 0.15) is 151 Å². The van der Waals surface area contributed by atoms with E-state index in [9.17, 15) is 35.1 Å². The van der Waals surface area contributed by atoms with Gasteiger partial charge in [0.05, 0.1) is 24.9 Å². The molecule has 2 aliphatic heterocycles. The smallest absolute Gasteiger partial charge is 0.251 e. The van der Waals surface area contributed by atoms with Crippen LogP contribution in [-0.4, -0.2) is 146 Å². The summed E-state index contributed by atoms with van der Waals surface area (Å²) in [7, 11) is 3.37. The molecule has 15 heteroatoms. The molecule has 2 saturated carbocycles. The Bertz CT molecular complexity index is 1340. The van der Waals surface area contributed by atoms with Crippen molar-refractivity contribution in [2.75, 3.05) is 20.7 Å². The molecule has 4 rings (SSSR count). The number of carbonyl (C=O) groups excluding carboxylic acids is 2. The van der Waals surface area contributed by atoms with Crippen molar-refractivity contribution < 1.29 is 58.8 Å². The summed E-state index contributed by atoms with van der Waals surface area (Å²) in [4.78, 5) is 28.5. The first-order valence-corrected chi connectivity index (χ1v) is 25.3. The zero-order valence-corrected chi connectivity index (χ0v) is 41.5. The Morgan fingerprint density at radius 1 is 0.871 bits per heavy atom. The largest absolute Gasteiger partial charge is 0.394 e. The average Bonchev–Trinajstić information content (AvgIpc) is 3.25. The van der Waals surface area contributed by atoms with Crippen molar-refractivity contribution in [1.29, 1.82) is 0 Å². The summed E-state index contributed by atoms with van der Waals surface area (Å²) in [6.07, 6.45) is 1.93. The average molecular weight is 997 g/mol. The number of amides is 2. The van der Waals surface area contributed by atoms with Crippen LogP contribution in [0, 0.1) is 29.6 Å². The molecule has 14 nitrogen and oxygen atoms in total. The number of hydrogen-bond acceptors (Lipinski definition) is 12. The topological polar surface area (TPSA) is 197 Å². The van der Waals surface area contributed by atoms with Crippen LogP contribution in [0.4, 0.5) is 0 Å². The number of halogens is 1. The van der Waals surface area contributed by atoms with E-state index in [1.165, 1.54) is 37.5 Å². The molecular formula is C47H85IN2O12. The Morgan fingerprint density at radius 3 is 2.13 bits per heavy atom. The number of likely N-dealkylation sites (N-methyl/N-ethyl adjacent to an activating group) is 1. The van der Waals surface area contributed by atoms with E-state index in [1.807, 2.05) is 0 Å². The molecule has 362 valence electrons. The lowest BCUT2D eigenvalue weighted by Gasteiger charge is -2.51. The zero-order valence-electron chi connectivity index (χ0n) is 39.3. The van der Waals surface area contributed by atoms with Crippen LogP contribution >= 0.6 is 22.6 Å². The maximum absolute atomic E-state index is 14.0. The first-order valence-electron chi connectivity index (χ1n) is 24.2. The minimum absolute atomic E-state index is 0.0602. The number of unbranched alkanes of at least 4 members (excludes halogenated alkanes) is 3. The summed E-state index contributed by atoms with van der Waals surface area (Å²) in [5.41, 5.74) is 0. The van der Waals surface area contributed by atoms with Crippen LogP contribution in [0.3, 0.4) is 0 Å². The fraction of sp³-hybridized carbons (Fsp3) is 0.957. The quantitative estimate of drug-likeness (QED) is 0.0445. The molecule has 4 aliphatic rings. The highest BCUT2D eigenvalue weighted by Crippen LogP contribution is 2.49. The summed E-state index contributed by atoms with van der Waals surface area (Å²) < 4.78 is 32.7.